The lowest BCUT2D eigenvalue weighted by Gasteiger charge is -2.08. The second kappa shape index (κ2) is 5.36. The van der Waals surface area contributed by atoms with E-state index in [9.17, 15) is 13.6 Å². The summed E-state index contributed by atoms with van der Waals surface area (Å²) in [6.45, 7) is 1.85. The molecule has 0 spiro atoms. The average Bonchev–Trinajstić information content (AvgIpc) is 2.36. The molecular formula is C14H10ClF2NO. The summed E-state index contributed by atoms with van der Waals surface area (Å²) in [5.41, 5.74) is 0.914. The number of benzene rings is 2. The standard InChI is InChI=1S/C14H10ClF2NO/c1-8-5-6-12(10(15)7-8)18-14(19)9-3-2-4-11(16)13(9)17/h2-7H,1H3,(H,18,19). The molecule has 19 heavy (non-hydrogen) atoms. The number of halogens is 3. The molecule has 5 heteroatoms. The van der Waals surface area contributed by atoms with Crippen LogP contribution < -0.4 is 5.32 Å². The Bertz CT molecular complexity index is 643. The third-order valence-electron chi connectivity index (χ3n) is 2.57. The second-order valence-corrected chi connectivity index (χ2v) is 4.45. The van der Waals surface area contributed by atoms with Crippen molar-refractivity contribution in [2.75, 3.05) is 5.32 Å². The molecule has 0 saturated carbocycles. The molecule has 98 valence electrons. The number of rotatable bonds is 2. The SMILES string of the molecule is Cc1ccc(NC(=O)c2cccc(F)c2F)c(Cl)c1. The number of amides is 1. The van der Waals surface area contributed by atoms with Gasteiger partial charge in [0.15, 0.2) is 11.6 Å². The van der Waals surface area contributed by atoms with Gasteiger partial charge in [-0.1, -0.05) is 23.7 Å². The maximum atomic E-state index is 13.5. The zero-order valence-electron chi connectivity index (χ0n) is 10.0. The molecule has 0 atom stereocenters. The van der Waals surface area contributed by atoms with Gasteiger partial charge in [-0.3, -0.25) is 4.79 Å². The third kappa shape index (κ3) is 2.90. The molecule has 2 aromatic carbocycles. The van der Waals surface area contributed by atoms with Crippen molar-refractivity contribution in [2.45, 2.75) is 6.92 Å². The first-order chi connectivity index (χ1) is 8.99. The van der Waals surface area contributed by atoms with E-state index < -0.39 is 17.5 Å². The zero-order valence-corrected chi connectivity index (χ0v) is 10.8. The maximum Gasteiger partial charge on any atom is 0.258 e. The lowest BCUT2D eigenvalue weighted by Crippen LogP contribution is -2.14. The molecule has 1 amide bonds. The molecule has 0 aliphatic rings. The number of carbonyl (C=O) groups is 1. The number of hydrogen-bond donors (Lipinski definition) is 1. The molecule has 2 nitrogen and oxygen atoms in total. The van der Waals surface area contributed by atoms with Crippen molar-refractivity contribution in [3.8, 4) is 0 Å². The Morgan fingerprint density at radius 3 is 2.63 bits per heavy atom. The average molecular weight is 282 g/mol. The molecule has 2 rings (SSSR count). The summed E-state index contributed by atoms with van der Waals surface area (Å²) in [5, 5.41) is 2.78. The fraction of sp³-hybridized carbons (Fsp3) is 0.0714. The number of hydrogen-bond acceptors (Lipinski definition) is 1. The maximum absolute atomic E-state index is 13.5. The van der Waals surface area contributed by atoms with Crippen LogP contribution in [0.5, 0.6) is 0 Å². The first kappa shape index (κ1) is 13.5. The van der Waals surface area contributed by atoms with Crippen LogP contribution in [0.3, 0.4) is 0 Å². The van der Waals surface area contributed by atoms with Gasteiger partial charge in [0.1, 0.15) is 0 Å². The van der Waals surface area contributed by atoms with E-state index in [4.69, 9.17) is 11.6 Å². The number of anilines is 1. The fourth-order valence-electron chi connectivity index (χ4n) is 1.59. The molecular weight excluding hydrogens is 272 g/mol. The van der Waals surface area contributed by atoms with E-state index in [0.717, 1.165) is 11.6 Å². The predicted octanol–water partition coefficient (Wildman–Crippen LogP) is 4.18. The van der Waals surface area contributed by atoms with Gasteiger partial charge < -0.3 is 5.32 Å². The molecule has 0 aromatic heterocycles. The van der Waals surface area contributed by atoms with Crippen LogP contribution in [0.2, 0.25) is 5.02 Å². The molecule has 0 bridgehead atoms. The van der Waals surface area contributed by atoms with Crippen molar-refractivity contribution >= 4 is 23.2 Å². The van der Waals surface area contributed by atoms with E-state index in [-0.39, 0.29) is 5.56 Å². The highest BCUT2D eigenvalue weighted by Crippen LogP contribution is 2.23. The second-order valence-electron chi connectivity index (χ2n) is 4.04. The van der Waals surface area contributed by atoms with Gasteiger partial charge >= 0.3 is 0 Å². The molecule has 1 N–H and O–H groups in total. The van der Waals surface area contributed by atoms with E-state index in [2.05, 4.69) is 5.32 Å². The Balaban J connectivity index is 2.28. The summed E-state index contributed by atoms with van der Waals surface area (Å²) >= 11 is 5.95. The largest absolute Gasteiger partial charge is 0.321 e. The van der Waals surface area contributed by atoms with Crippen LogP contribution in [0.15, 0.2) is 36.4 Å². The molecule has 0 fully saturated rings. The smallest absolute Gasteiger partial charge is 0.258 e. The van der Waals surface area contributed by atoms with Crippen molar-refractivity contribution in [2.24, 2.45) is 0 Å². The third-order valence-corrected chi connectivity index (χ3v) is 2.88. The highest BCUT2D eigenvalue weighted by molar-refractivity contribution is 6.34. The molecule has 0 unspecified atom stereocenters. The van der Waals surface area contributed by atoms with E-state index in [0.29, 0.717) is 10.7 Å². The summed E-state index contributed by atoms with van der Waals surface area (Å²) in [6, 6.07) is 8.44. The summed E-state index contributed by atoms with van der Waals surface area (Å²) < 4.78 is 26.5. The molecule has 0 aliphatic heterocycles. The Labute approximate surface area is 114 Å². The van der Waals surface area contributed by atoms with E-state index in [1.54, 1.807) is 18.2 Å². The van der Waals surface area contributed by atoms with Gasteiger partial charge in [0, 0.05) is 0 Å². The summed E-state index contributed by atoms with van der Waals surface area (Å²) in [7, 11) is 0. The van der Waals surface area contributed by atoms with E-state index >= 15 is 0 Å². The highest BCUT2D eigenvalue weighted by atomic mass is 35.5. The van der Waals surface area contributed by atoms with Crippen LogP contribution in [-0.2, 0) is 0 Å². The van der Waals surface area contributed by atoms with Gasteiger partial charge in [0.2, 0.25) is 0 Å². The van der Waals surface area contributed by atoms with Gasteiger partial charge in [-0.25, -0.2) is 8.78 Å². The van der Waals surface area contributed by atoms with Crippen molar-refractivity contribution in [3.05, 3.63) is 64.2 Å². The van der Waals surface area contributed by atoms with Gasteiger partial charge in [-0.15, -0.1) is 0 Å². The zero-order chi connectivity index (χ0) is 14.0. The van der Waals surface area contributed by atoms with Crippen molar-refractivity contribution < 1.29 is 13.6 Å². The number of nitrogens with one attached hydrogen (secondary N) is 1. The lowest BCUT2D eigenvalue weighted by atomic mass is 10.1. The Hall–Kier alpha value is -1.94. The van der Waals surface area contributed by atoms with Crippen molar-refractivity contribution in [1.82, 2.24) is 0 Å². The van der Waals surface area contributed by atoms with Gasteiger partial charge in [0.05, 0.1) is 16.3 Å². The fourth-order valence-corrected chi connectivity index (χ4v) is 1.87. The minimum atomic E-state index is -1.18. The summed E-state index contributed by atoms with van der Waals surface area (Å²) in [5.74, 6) is -2.99. The normalized spacial score (nSPS) is 10.3. The molecule has 0 aliphatic carbocycles. The Kier molecular flexibility index (Phi) is 3.81. The minimum Gasteiger partial charge on any atom is -0.321 e. The van der Waals surface area contributed by atoms with Crippen LogP contribution in [0.1, 0.15) is 15.9 Å². The first-order valence-corrected chi connectivity index (χ1v) is 5.88. The van der Waals surface area contributed by atoms with Crippen LogP contribution in [-0.4, -0.2) is 5.91 Å². The van der Waals surface area contributed by atoms with E-state index in [1.165, 1.54) is 12.1 Å². The molecule has 0 saturated heterocycles. The summed E-state index contributed by atoms with van der Waals surface area (Å²) in [4.78, 5) is 11.8. The first-order valence-electron chi connectivity index (χ1n) is 5.50. The molecule has 0 heterocycles. The minimum absolute atomic E-state index is 0.338. The monoisotopic (exact) mass is 281 g/mol. The van der Waals surface area contributed by atoms with Crippen molar-refractivity contribution in [3.63, 3.8) is 0 Å². The quantitative estimate of drug-likeness (QED) is 0.879. The van der Waals surface area contributed by atoms with Gasteiger partial charge in [-0.05, 0) is 36.8 Å². The van der Waals surface area contributed by atoms with Crippen LogP contribution in [0, 0.1) is 18.6 Å². The Morgan fingerprint density at radius 2 is 1.95 bits per heavy atom. The predicted molar refractivity (Wildman–Crippen MR) is 70.5 cm³/mol. The van der Waals surface area contributed by atoms with Crippen molar-refractivity contribution in [1.29, 1.82) is 0 Å². The van der Waals surface area contributed by atoms with Gasteiger partial charge in [-0.2, -0.15) is 0 Å². The Morgan fingerprint density at radius 1 is 1.21 bits per heavy atom. The summed E-state index contributed by atoms with van der Waals surface area (Å²) in [6.07, 6.45) is 0. The van der Waals surface area contributed by atoms with Crippen LogP contribution in [0.4, 0.5) is 14.5 Å². The topological polar surface area (TPSA) is 29.1 Å². The number of carbonyl (C=O) groups excluding carboxylic acids is 1. The number of aryl methyl sites for hydroxylation is 1. The van der Waals surface area contributed by atoms with E-state index in [1.807, 2.05) is 6.92 Å². The van der Waals surface area contributed by atoms with Gasteiger partial charge in [0.25, 0.3) is 5.91 Å². The molecule has 0 radical (unpaired) electrons. The highest BCUT2D eigenvalue weighted by Gasteiger charge is 2.15. The lowest BCUT2D eigenvalue weighted by molar-refractivity contribution is 0.102. The molecule has 2 aromatic rings. The van der Waals surface area contributed by atoms with Crippen LogP contribution >= 0.6 is 11.6 Å². The van der Waals surface area contributed by atoms with Crippen LogP contribution in [0.25, 0.3) is 0 Å².